The first-order valence-corrected chi connectivity index (χ1v) is 9.75. The minimum Gasteiger partial charge on any atom is -0.508 e. The molecule has 3 aromatic carbocycles. The molecule has 0 saturated carbocycles. The van der Waals surface area contributed by atoms with Gasteiger partial charge in [0.15, 0.2) is 0 Å². The monoisotopic (exact) mass is 427 g/mol. The van der Waals surface area contributed by atoms with E-state index < -0.39 is 0 Å². The highest BCUT2D eigenvalue weighted by Crippen LogP contribution is 2.20. The second kappa shape index (κ2) is 9.90. The molecule has 1 heterocycles. The van der Waals surface area contributed by atoms with Gasteiger partial charge in [-0.1, -0.05) is 30.3 Å². The Morgan fingerprint density at radius 1 is 0.781 bits per heavy atom. The van der Waals surface area contributed by atoms with Gasteiger partial charge < -0.3 is 20.5 Å². The zero-order valence-corrected chi connectivity index (χ0v) is 17.2. The predicted molar refractivity (Wildman–Crippen MR) is 125 cm³/mol. The van der Waals surface area contributed by atoms with Crippen molar-refractivity contribution in [3.05, 3.63) is 84.4 Å². The van der Waals surface area contributed by atoms with Crippen LogP contribution in [0.15, 0.2) is 84.0 Å². The molecular formula is C23H21N7O2. The highest BCUT2D eigenvalue weighted by Gasteiger charge is 2.08. The minimum atomic E-state index is 0.162. The van der Waals surface area contributed by atoms with Gasteiger partial charge in [-0.05, 0) is 54.1 Å². The molecule has 0 fully saturated rings. The number of nitrogens with one attached hydrogen (secondary N) is 3. The number of methoxy groups -OCH3 is 1. The number of aromatic nitrogens is 3. The molecule has 1 aromatic heterocycles. The number of anilines is 5. The molecule has 0 bridgehead atoms. The minimum absolute atomic E-state index is 0.162. The Kier molecular flexibility index (Phi) is 6.37. The summed E-state index contributed by atoms with van der Waals surface area (Å²) in [4.78, 5) is 13.2. The van der Waals surface area contributed by atoms with E-state index in [1.165, 1.54) is 0 Å². The molecule has 4 aromatic rings. The predicted octanol–water partition coefficient (Wildman–Crippen LogP) is 4.52. The van der Waals surface area contributed by atoms with E-state index in [0.717, 1.165) is 22.7 Å². The summed E-state index contributed by atoms with van der Waals surface area (Å²) in [5.74, 6) is 1.83. The third-order valence-electron chi connectivity index (χ3n) is 4.26. The molecule has 0 atom stereocenters. The molecule has 0 spiro atoms. The number of aromatic hydroxyl groups is 1. The van der Waals surface area contributed by atoms with Crippen LogP contribution in [0.5, 0.6) is 11.5 Å². The molecule has 0 saturated heterocycles. The largest absolute Gasteiger partial charge is 0.508 e. The molecule has 0 aliphatic heterocycles. The fourth-order valence-corrected chi connectivity index (χ4v) is 2.76. The van der Waals surface area contributed by atoms with Gasteiger partial charge in [-0.3, -0.25) is 0 Å². The summed E-state index contributed by atoms with van der Waals surface area (Å²) < 4.78 is 5.19. The molecule has 4 N–H and O–H groups in total. The third kappa shape index (κ3) is 5.70. The van der Waals surface area contributed by atoms with Crippen LogP contribution in [0.25, 0.3) is 0 Å². The topological polar surface area (TPSA) is 117 Å². The van der Waals surface area contributed by atoms with Crippen molar-refractivity contribution < 1.29 is 9.84 Å². The number of nitrogens with zero attached hydrogens (tertiary/aromatic N) is 4. The fraction of sp³-hybridized carbons (Fsp3) is 0.0435. The lowest BCUT2D eigenvalue weighted by molar-refractivity contribution is 0.415. The van der Waals surface area contributed by atoms with Gasteiger partial charge in [0.25, 0.3) is 0 Å². The molecule has 9 heteroatoms. The second-order valence-electron chi connectivity index (χ2n) is 6.62. The van der Waals surface area contributed by atoms with Crippen molar-refractivity contribution in [2.24, 2.45) is 5.10 Å². The number of rotatable bonds is 8. The summed E-state index contributed by atoms with van der Waals surface area (Å²) in [5, 5.41) is 20.0. The Bertz CT molecular complexity index is 1200. The maximum absolute atomic E-state index is 9.58. The van der Waals surface area contributed by atoms with Crippen molar-refractivity contribution in [1.29, 1.82) is 0 Å². The average Bonchev–Trinajstić information content (AvgIpc) is 2.80. The van der Waals surface area contributed by atoms with E-state index in [1.54, 1.807) is 31.5 Å². The Morgan fingerprint density at radius 2 is 1.44 bits per heavy atom. The first kappa shape index (κ1) is 20.6. The van der Waals surface area contributed by atoms with Crippen molar-refractivity contribution in [2.45, 2.75) is 0 Å². The first-order chi connectivity index (χ1) is 15.7. The average molecular weight is 427 g/mol. The molecule has 160 valence electrons. The molecule has 0 unspecified atom stereocenters. The number of hydrogen-bond acceptors (Lipinski definition) is 9. The smallest absolute Gasteiger partial charge is 0.250 e. The second-order valence-corrected chi connectivity index (χ2v) is 6.62. The number of benzene rings is 3. The van der Waals surface area contributed by atoms with Crippen LogP contribution in [0, 0.1) is 0 Å². The van der Waals surface area contributed by atoms with Crippen molar-refractivity contribution in [1.82, 2.24) is 15.0 Å². The van der Waals surface area contributed by atoms with Crippen molar-refractivity contribution in [3.63, 3.8) is 0 Å². The summed E-state index contributed by atoms with van der Waals surface area (Å²) in [7, 11) is 1.62. The normalized spacial score (nSPS) is 10.7. The van der Waals surface area contributed by atoms with Crippen LogP contribution in [-0.2, 0) is 0 Å². The molecule has 0 radical (unpaired) electrons. The van der Waals surface area contributed by atoms with E-state index in [0.29, 0.717) is 11.9 Å². The van der Waals surface area contributed by atoms with E-state index in [4.69, 9.17) is 4.74 Å². The highest BCUT2D eigenvalue weighted by molar-refractivity contribution is 5.80. The fourth-order valence-electron chi connectivity index (χ4n) is 2.76. The number of phenolic OH excluding ortho intramolecular Hbond substituents is 1. The van der Waals surface area contributed by atoms with Gasteiger partial charge in [0.2, 0.25) is 17.8 Å². The van der Waals surface area contributed by atoms with Gasteiger partial charge in [-0.15, -0.1) is 0 Å². The summed E-state index contributed by atoms with van der Waals surface area (Å²) >= 11 is 0. The number of hydrogen-bond donors (Lipinski definition) is 4. The zero-order valence-electron chi connectivity index (χ0n) is 17.2. The summed E-state index contributed by atoms with van der Waals surface area (Å²) in [6, 6.07) is 23.7. The van der Waals surface area contributed by atoms with Gasteiger partial charge in [-0.2, -0.15) is 20.1 Å². The molecule has 0 aliphatic carbocycles. The summed E-state index contributed by atoms with van der Waals surface area (Å²) in [6.45, 7) is 0. The number of para-hydroxylation sites is 1. The Balaban J connectivity index is 1.57. The maximum atomic E-state index is 9.58. The van der Waals surface area contributed by atoms with Crippen molar-refractivity contribution in [2.75, 3.05) is 23.2 Å². The number of phenols is 1. The molecule has 4 rings (SSSR count). The molecule has 32 heavy (non-hydrogen) atoms. The Hall–Kier alpha value is -4.66. The van der Waals surface area contributed by atoms with Crippen LogP contribution in [0.3, 0.4) is 0 Å². The van der Waals surface area contributed by atoms with Crippen molar-refractivity contribution >= 4 is 35.4 Å². The van der Waals surface area contributed by atoms with Gasteiger partial charge >= 0.3 is 0 Å². The van der Waals surface area contributed by atoms with Crippen LogP contribution < -0.4 is 20.8 Å². The molecule has 9 nitrogen and oxygen atoms in total. The SMILES string of the molecule is COc1ccc(Nc2nc(N/N=C/c3cccc(O)c3)nc(Nc3ccccc3)n2)cc1. The lowest BCUT2D eigenvalue weighted by Gasteiger charge is -2.10. The van der Waals surface area contributed by atoms with Gasteiger partial charge in [0.1, 0.15) is 11.5 Å². The molecule has 0 amide bonds. The van der Waals surface area contributed by atoms with E-state index in [9.17, 15) is 5.11 Å². The van der Waals surface area contributed by atoms with Gasteiger partial charge in [0.05, 0.1) is 13.3 Å². The van der Waals surface area contributed by atoms with Gasteiger partial charge in [0, 0.05) is 11.4 Å². The van der Waals surface area contributed by atoms with Crippen LogP contribution in [0.1, 0.15) is 5.56 Å². The molecule has 0 aliphatic rings. The van der Waals surface area contributed by atoms with Crippen LogP contribution >= 0.6 is 0 Å². The van der Waals surface area contributed by atoms with E-state index in [-0.39, 0.29) is 11.7 Å². The summed E-state index contributed by atoms with van der Waals surface area (Å²) in [5.41, 5.74) is 5.16. The Morgan fingerprint density at radius 3 is 2.09 bits per heavy atom. The van der Waals surface area contributed by atoms with E-state index in [2.05, 4.69) is 36.1 Å². The lowest BCUT2D eigenvalue weighted by Crippen LogP contribution is -2.07. The quantitative estimate of drug-likeness (QED) is 0.240. The highest BCUT2D eigenvalue weighted by atomic mass is 16.5. The van der Waals surface area contributed by atoms with Crippen molar-refractivity contribution in [3.8, 4) is 11.5 Å². The third-order valence-corrected chi connectivity index (χ3v) is 4.26. The number of ether oxygens (including phenoxy) is 1. The van der Waals surface area contributed by atoms with E-state index in [1.807, 2.05) is 60.7 Å². The zero-order chi connectivity index (χ0) is 22.2. The Labute approximate surface area is 184 Å². The first-order valence-electron chi connectivity index (χ1n) is 9.75. The van der Waals surface area contributed by atoms with Gasteiger partial charge in [-0.25, -0.2) is 5.43 Å². The standard InChI is InChI=1S/C23H21N7O2/c1-32-20-12-10-18(11-13-20)26-22-27-21(25-17-7-3-2-4-8-17)28-23(29-22)30-24-15-16-6-5-9-19(31)14-16/h2-15,31H,1H3,(H3,25,26,27,28,29,30)/b24-15+. The van der Waals surface area contributed by atoms with Crippen LogP contribution in [-0.4, -0.2) is 33.4 Å². The summed E-state index contributed by atoms with van der Waals surface area (Å²) in [6.07, 6.45) is 1.56. The lowest BCUT2D eigenvalue weighted by atomic mass is 10.2. The molecular weight excluding hydrogens is 406 g/mol. The maximum Gasteiger partial charge on any atom is 0.250 e. The van der Waals surface area contributed by atoms with Crippen LogP contribution in [0.2, 0.25) is 0 Å². The van der Waals surface area contributed by atoms with E-state index >= 15 is 0 Å². The number of hydrazone groups is 1. The van der Waals surface area contributed by atoms with Crippen LogP contribution in [0.4, 0.5) is 29.2 Å².